The first-order chi connectivity index (χ1) is 16.4. The van der Waals surface area contributed by atoms with Crippen LogP contribution < -0.4 is 10.2 Å². The summed E-state index contributed by atoms with van der Waals surface area (Å²) in [6, 6.07) is 10.9. The standard InChI is InChI=1S/C24H27FN4O4S/c25-19-6-4-18(5-7-19)22(17-26)27-24(30)21-16-20(34(31,32)29-10-2-1-3-11-29)8-9-23(21)28-12-14-33-15-13-28/h4-9,16,22H,1-3,10-15H2,(H,27,30)/t22-/m1/s1. The average molecular weight is 487 g/mol. The number of amides is 1. The Morgan fingerprint density at radius 1 is 1.03 bits per heavy atom. The van der Waals surface area contributed by atoms with Crippen LogP contribution in [0.4, 0.5) is 10.1 Å². The van der Waals surface area contributed by atoms with Gasteiger partial charge in [-0.1, -0.05) is 18.6 Å². The third-order valence-electron chi connectivity index (χ3n) is 6.13. The molecule has 0 aliphatic carbocycles. The molecule has 2 aliphatic heterocycles. The first-order valence-electron chi connectivity index (χ1n) is 11.3. The van der Waals surface area contributed by atoms with Crippen LogP contribution in [0.1, 0.15) is 41.2 Å². The number of nitrogens with one attached hydrogen (secondary N) is 1. The Balaban J connectivity index is 1.68. The zero-order valence-corrected chi connectivity index (χ0v) is 19.6. The Bertz CT molecular complexity index is 1170. The molecular formula is C24H27FN4O4S. The van der Waals surface area contributed by atoms with Gasteiger partial charge in [0.05, 0.1) is 29.7 Å². The second-order valence-electron chi connectivity index (χ2n) is 8.33. The number of sulfonamides is 1. The van der Waals surface area contributed by atoms with Crippen molar-refractivity contribution in [1.29, 1.82) is 5.26 Å². The minimum atomic E-state index is -3.75. The average Bonchev–Trinajstić information content (AvgIpc) is 2.88. The van der Waals surface area contributed by atoms with Crippen molar-refractivity contribution in [2.75, 3.05) is 44.3 Å². The quantitative estimate of drug-likeness (QED) is 0.674. The number of rotatable bonds is 6. The number of anilines is 1. The summed E-state index contributed by atoms with van der Waals surface area (Å²) in [5, 5.41) is 12.3. The SMILES string of the molecule is N#C[C@@H](NC(=O)c1cc(S(=O)(=O)N2CCCCC2)ccc1N1CCOCC1)c1ccc(F)cc1. The van der Waals surface area contributed by atoms with Gasteiger partial charge in [-0.15, -0.1) is 0 Å². The van der Waals surface area contributed by atoms with Crippen LogP contribution in [0.3, 0.4) is 0 Å². The van der Waals surface area contributed by atoms with E-state index in [1.54, 1.807) is 6.07 Å². The topological polar surface area (TPSA) is 103 Å². The number of morpholine rings is 1. The van der Waals surface area contributed by atoms with Crippen LogP contribution in [-0.2, 0) is 14.8 Å². The van der Waals surface area contributed by atoms with Gasteiger partial charge >= 0.3 is 0 Å². The number of halogens is 1. The zero-order valence-electron chi connectivity index (χ0n) is 18.7. The first-order valence-corrected chi connectivity index (χ1v) is 12.8. The Labute approximate surface area is 199 Å². The highest BCUT2D eigenvalue weighted by Crippen LogP contribution is 2.28. The van der Waals surface area contributed by atoms with E-state index in [0.29, 0.717) is 50.6 Å². The fourth-order valence-electron chi connectivity index (χ4n) is 4.25. The molecule has 2 fully saturated rings. The number of hydrogen-bond donors (Lipinski definition) is 1. The molecule has 1 amide bonds. The normalized spacial score (nSPS) is 18.2. The predicted octanol–water partition coefficient (Wildman–Crippen LogP) is 2.83. The molecule has 0 saturated carbocycles. The lowest BCUT2D eigenvalue weighted by Gasteiger charge is -2.31. The van der Waals surface area contributed by atoms with E-state index < -0.39 is 27.8 Å². The number of carbonyl (C=O) groups excluding carboxylic acids is 1. The molecule has 1 atom stereocenters. The van der Waals surface area contributed by atoms with Crippen LogP contribution in [-0.4, -0.2) is 58.0 Å². The molecule has 0 aromatic heterocycles. The van der Waals surface area contributed by atoms with Crippen LogP contribution in [0, 0.1) is 17.1 Å². The summed E-state index contributed by atoms with van der Waals surface area (Å²) in [6.07, 6.45) is 2.61. The lowest BCUT2D eigenvalue weighted by molar-refractivity contribution is 0.0943. The third-order valence-corrected chi connectivity index (χ3v) is 8.02. The van der Waals surface area contributed by atoms with Crippen molar-refractivity contribution in [3.05, 3.63) is 59.4 Å². The molecule has 1 N–H and O–H groups in total. The summed E-state index contributed by atoms with van der Waals surface area (Å²) in [5.41, 5.74) is 1.18. The Kier molecular flexibility index (Phi) is 7.46. The first kappa shape index (κ1) is 24.1. The molecular weight excluding hydrogens is 459 g/mol. The van der Waals surface area contributed by atoms with Crippen molar-refractivity contribution < 1.29 is 22.3 Å². The molecule has 0 unspecified atom stereocenters. The fourth-order valence-corrected chi connectivity index (χ4v) is 5.79. The molecule has 180 valence electrons. The summed E-state index contributed by atoms with van der Waals surface area (Å²) in [4.78, 5) is 15.4. The highest BCUT2D eigenvalue weighted by molar-refractivity contribution is 7.89. The Hall–Kier alpha value is -3.00. The number of hydrogen-bond acceptors (Lipinski definition) is 6. The van der Waals surface area contributed by atoms with Gasteiger partial charge in [0.1, 0.15) is 11.9 Å². The summed E-state index contributed by atoms with van der Waals surface area (Å²) in [5.74, 6) is -1.02. The number of piperidine rings is 1. The van der Waals surface area contributed by atoms with Gasteiger partial charge < -0.3 is 15.0 Å². The van der Waals surface area contributed by atoms with Gasteiger partial charge in [0.15, 0.2) is 0 Å². The van der Waals surface area contributed by atoms with Gasteiger partial charge in [0.25, 0.3) is 5.91 Å². The molecule has 10 heteroatoms. The molecule has 2 aromatic rings. The van der Waals surface area contributed by atoms with Crippen LogP contribution >= 0.6 is 0 Å². The minimum Gasteiger partial charge on any atom is -0.378 e. The largest absolute Gasteiger partial charge is 0.378 e. The molecule has 8 nitrogen and oxygen atoms in total. The maximum absolute atomic E-state index is 13.4. The molecule has 2 aromatic carbocycles. The van der Waals surface area contributed by atoms with E-state index >= 15 is 0 Å². The van der Waals surface area contributed by atoms with Gasteiger partial charge in [0, 0.05) is 31.9 Å². The van der Waals surface area contributed by atoms with Crippen LogP contribution in [0.5, 0.6) is 0 Å². The summed E-state index contributed by atoms with van der Waals surface area (Å²) in [6.45, 7) is 3.00. The van der Waals surface area contributed by atoms with Crippen molar-refractivity contribution in [1.82, 2.24) is 9.62 Å². The molecule has 4 rings (SSSR count). The third kappa shape index (κ3) is 5.22. The van der Waals surface area contributed by atoms with Crippen molar-refractivity contribution in [2.45, 2.75) is 30.2 Å². The molecule has 34 heavy (non-hydrogen) atoms. The number of benzene rings is 2. The number of ether oxygens (including phenoxy) is 1. The lowest BCUT2D eigenvalue weighted by atomic mass is 10.1. The van der Waals surface area contributed by atoms with Crippen molar-refractivity contribution >= 4 is 21.6 Å². The van der Waals surface area contributed by atoms with Crippen LogP contribution in [0.25, 0.3) is 0 Å². The lowest BCUT2D eigenvalue weighted by Crippen LogP contribution is -2.39. The van der Waals surface area contributed by atoms with Gasteiger partial charge in [-0.2, -0.15) is 9.57 Å². The zero-order chi connectivity index (χ0) is 24.1. The molecule has 2 saturated heterocycles. The second-order valence-corrected chi connectivity index (χ2v) is 10.3. The number of carbonyl (C=O) groups is 1. The van der Waals surface area contributed by atoms with Gasteiger partial charge in [-0.3, -0.25) is 4.79 Å². The maximum Gasteiger partial charge on any atom is 0.254 e. The van der Waals surface area contributed by atoms with E-state index in [9.17, 15) is 22.9 Å². The smallest absolute Gasteiger partial charge is 0.254 e. The van der Waals surface area contributed by atoms with Crippen LogP contribution in [0.15, 0.2) is 47.4 Å². The fraction of sp³-hybridized carbons (Fsp3) is 0.417. The summed E-state index contributed by atoms with van der Waals surface area (Å²) < 4.78 is 46.7. The number of nitrogens with zero attached hydrogens (tertiary/aromatic N) is 3. The minimum absolute atomic E-state index is 0.0480. The highest BCUT2D eigenvalue weighted by Gasteiger charge is 2.29. The van der Waals surface area contributed by atoms with Crippen molar-refractivity contribution in [3.63, 3.8) is 0 Å². The van der Waals surface area contributed by atoms with Gasteiger partial charge in [-0.25, -0.2) is 12.8 Å². The maximum atomic E-state index is 13.4. The summed E-state index contributed by atoms with van der Waals surface area (Å²) >= 11 is 0. The van der Waals surface area contributed by atoms with E-state index in [0.717, 1.165) is 19.3 Å². The van der Waals surface area contributed by atoms with E-state index in [-0.39, 0.29) is 10.5 Å². The monoisotopic (exact) mass is 486 g/mol. The highest BCUT2D eigenvalue weighted by atomic mass is 32.2. The molecule has 2 heterocycles. The number of nitriles is 1. The van der Waals surface area contributed by atoms with E-state index in [4.69, 9.17) is 4.74 Å². The Morgan fingerprint density at radius 3 is 2.35 bits per heavy atom. The Morgan fingerprint density at radius 2 is 1.71 bits per heavy atom. The van der Waals surface area contributed by atoms with Gasteiger partial charge in [0.2, 0.25) is 10.0 Å². The summed E-state index contributed by atoms with van der Waals surface area (Å²) in [7, 11) is -3.75. The molecule has 0 radical (unpaired) electrons. The van der Waals surface area contributed by atoms with E-state index in [2.05, 4.69) is 5.32 Å². The molecule has 0 bridgehead atoms. The second kappa shape index (κ2) is 10.5. The van der Waals surface area contributed by atoms with E-state index in [1.165, 1.54) is 40.7 Å². The van der Waals surface area contributed by atoms with Crippen molar-refractivity contribution in [3.8, 4) is 6.07 Å². The van der Waals surface area contributed by atoms with E-state index in [1.807, 2.05) is 11.0 Å². The molecule has 2 aliphatic rings. The van der Waals surface area contributed by atoms with Crippen LogP contribution in [0.2, 0.25) is 0 Å². The predicted molar refractivity (Wildman–Crippen MR) is 124 cm³/mol. The van der Waals surface area contributed by atoms with Crippen molar-refractivity contribution in [2.24, 2.45) is 0 Å². The van der Waals surface area contributed by atoms with Gasteiger partial charge in [-0.05, 0) is 48.7 Å². The molecule has 0 spiro atoms.